The molecule has 0 atom stereocenters. The fourth-order valence-electron chi connectivity index (χ4n) is 1.80. The Balaban J connectivity index is 2.26. The van der Waals surface area contributed by atoms with Crippen molar-refractivity contribution in [1.82, 2.24) is 0 Å². The van der Waals surface area contributed by atoms with Crippen LogP contribution in [-0.2, 0) is 6.42 Å². The fourth-order valence-corrected chi connectivity index (χ4v) is 2.57. The van der Waals surface area contributed by atoms with Crippen molar-refractivity contribution in [3.05, 3.63) is 52.4 Å². The van der Waals surface area contributed by atoms with E-state index in [0.717, 1.165) is 12.0 Å². The number of carbonyl (C=O) groups is 2. The predicted octanol–water partition coefficient (Wildman–Crippen LogP) is 3.26. The number of anilines is 1. The number of carboxylic acids is 1. The van der Waals surface area contributed by atoms with Gasteiger partial charge >= 0.3 is 5.97 Å². The third-order valence-electron chi connectivity index (χ3n) is 2.77. The van der Waals surface area contributed by atoms with Crippen LogP contribution in [0.15, 0.2) is 35.7 Å². The van der Waals surface area contributed by atoms with Crippen molar-refractivity contribution in [1.29, 1.82) is 0 Å². The zero-order valence-corrected chi connectivity index (χ0v) is 11.2. The van der Waals surface area contributed by atoms with Crippen molar-refractivity contribution >= 4 is 28.2 Å². The van der Waals surface area contributed by atoms with Gasteiger partial charge in [0.25, 0.3) is 5.91 Å². The highest BCUT2D eigenvalue weighted by Gasteiger charge is 2.16. The lowest BCUT2D eigenvalue weighted by molar-refractivity contribution is 0.0698. The van der Waals surface area contributed by atoms with Gasteiger partial charge in [0.2, 0.25) is 0 Å². The summed E-state index contributed by atoms with van der Waals surface area (Å²) in [6.45, 7) is 1.97. The highest BCUT2D eigenvalue weighted by atomic mass is 32.1. The van der Waals surface area contributed by atoms with E-state index < -0.39 is 5.97 Å². The zero-order valence-electron chi connectivity index (χ0n) is 10.3. The van der Waals surface area contributed by atoms with Crippen molar-refractivity contribution in [2.24, 2.45) is 0 Å². The first-order valence-electron chi connectivity index (χ1n) is 5.83. The average molecular weight is 275 g/mol. The normalized spacial score (nSPS) is 10.2. The largest absolute Gasteiger partial charge is 0.478 e. The summed E-state index contributed by atoms with van der Waals surface area (Å²) in [5.41, 5.74) is 1.63. The lowest BCUT2D eigenvalue weighted by Gasteiger charge is -2.08. The monoisotopic (exact) mass is 275 g/mol. The Labute approximate surface area is 114 Å². The molecule has 2 rings (SSSR count). The highest BCUT2D eigenvalue weighted by Crippen LogP contribution is 2.24. The third-order valence-corrected chi connectivity index (χ3v) is 3.60. The molecule has 0 radical (unpaired) electrons. The van der Waals surface area contributed by atoms with Gasteiger partial charge in [0.05, 0.1) is 5.56 Å². The van der Waals surface area contributed by atoms with Crippen LogP contribution in [0.2, 0.25) is 0 Å². The van der Waals surface area contributed by atoms with Gasteiger partial charge in [-0.05, 0) is 29.5 Å². The van der Waals surface area contributed by atoms with Gasteiger partial charge in [0, 0.05) is 5.56 Å². The van der Waals surface area contributed by atoms with Gasteiger partial charge in [-0.2, -0.15) is 0 Å². The van der Waals surface area contributed by atoms with Gasteiger partial charge in [-0.1, -0.05) is 25.1 Å². The highest BCUT2D eigenvalue weighted by molar-refractivity contribution is 7.14. The van der Waals surface area contributed by atoms with Crippen molar-refractivity contribution in [2.45, 2.75) is 13.3 Å². The molecular formula is C14H13NO3S. The number of nitrogens with one attached hydrogen (secondary N) is 1. The summed E-state index contributed by atoms with van der Waals surface area (Å²) >= 11 is 1.20. The van der Waals surface area contributed by atoms with E-state index in [-0.39, 0.29) is 11.5 Å². The maximum absolute atomic E-state index is 12.2. The van der Waals surface area contributed by atoms with Gasteiger partial charge in [-0.15, -0.1) is 11.3 Å². The second-order valence-electron chi connectivity index (χ2n) is 3.93. The molecule has 1 aromatic heterocycles. The second-order valence-corrected chi connectivity index (χ2v) is 4.85. The van der Waals surface area contributed by atoms with Crippen molar-refractivity contribution in [2.75, 3.05) is 5.32 Å². The number of hydrogen-bond donors (Lipinski definition) is 2. The summed E-state index contributed by atoms with van der Waals surface area (Å²) in [4.78, 5) is 23.1. The van der Waals surface area contributed by atoms with Gasteiger partial charge in [0.1, 0.15) is 5.00 Å². The molecule has 0 saturated heterocycles. The predicted molar refractivity (Wildman–Crippen MR) is 75.1 cm³/mol. The molecule has 98 valence electrons. The first-order chi connectivity index (χ1) is 9.13. The molecule has 19 heavy (non-hydrogen) atoms. The minimum Gasteiger partial charge on any atom is -0.478 e. The third kappa shape index (κ3) is 2.82. The van der Waals surface area contributed by atoms with E-state index in [1.165, 1.54) is 17.4 Å². The summed E-state index contributed by atoms with van der Waals surface area (Å²) < 4.78 is 0. The number of benzene rings is 1. The second kappa shape index (κ2) is 5.67. The molecule has 0 saturated carbocycles. The van der Waals surface area contributed by atoms with Crippen LogP contribution in [0.25, 0.3) is 0 Å². The molecule has 0 aliphatic carbocycles. The van der Waals surface area contributed by atoms with E-state index in [9.17, 15) is 9.59 Å². The molecule has 0 aliphatic heterocycles. The van der Waals surface area contributed by atoms with E-state index in [1.54, 1.807) is 17.5 Å². The van der Waals surface area contributed by atoms with E-state index in [4.69, 9.17) is 5.11 Å². The van der Waals surface area contributed by atoms with Gasteiger partial charge in [0.15, 0.2) is 0 Å². The van der Waals surface area contributed by atoms with Gasteiger partial charge in [-0.25, -0.2) is 4.79 Å². The van der Waals surface area contributed by atoms with Crippen molar-refractivity contribution < 1.29 is 14.7 Å². The fraction of sp³-hybridized carbons (Fsp3) is 0.143. The summed E-state index contributed by atoms with van der Waals surface area (Å²) in [6, 6.07) is 8.78. The molecule has 0 unspecified atom stereocenters. The summed E-state index contributed by atoms with van der Waals surface area (Å²) in [5.74, 6) is -1.32. The lowest BCUT2D eigenvalue weighted by atomic mass is 10.0. The SMILES string of the molecule is CCc1ccccc1C(=O)Nc1sccc1C(=O)O. The Morgan fingerprint density at radius 3 is 2.63 bits per heavy atom. The Kier molecular flexibility index (Phi) is 3.97. The number of carboxylic acid groups (broad SMARTS) is 1. The molecule has 2 aromatic rings. The van der Waals surface area contributed by atoms with Crippen LogP contribution < -0.4 is 5.32 Å². The van der Waals surface area contributed by atoms with Gasteiger partial charge in [-0.3, -0.25) is 4.79 Å². The zero-order chi connectivity index (χ0) is 13.8. The Hall–Kier alpha value is -2.14. The Bertz CT molecular complexity index is 619. The Morgan fingerprint density at radius 2 is 1.95 bits per heavy atom. The first-order valence-corrected chi connectivity index (χ1v) is 6.71. The molecule has 1 amide bonds. The van der Waals surface area contributed by atoms with Crippen LogP contribution in [0, 0.1) is 0 Å². The first kappa shape index (κ1) is 13.3. The van der Waals surface area contributed by atoms with Crippen molar-refractivity contribution in [3.8, 4) is 0 Å². The van der Waals surface area contributed by atoms with Gasteiger partial charge < -0.3 is 10.4 Å². The molecule has 5 heteroatoms. The topological polar surface area (TPSA) is 66.4 Å². The number of rotatable bonds is 4. The maximum atomic E-state index is 12.2. The Morgan fingerprint density at radius 1 is 1.21 bits per heavy atom. The van der Waals surface area contributed by atoms with Crippen LogP contribution in [0.4, 0.5) is 5.00 Å². The van der Waals surface area contributed by atoms with Crippen LogP contribution in [-0.4, -0.2) is 17.0 Å². The molecule has 1 heterocycles. The van der Waals surface area contributed by atoms with Crippen LogP contribution in [0.5, 0.6) is 0 Å². The molecule has 2 N–H and O–H groups in total. The standard InChI is InChI=1S/C14H13NO3S/c1-2-9-5-3-4-6-10(9)12(16)15-13-11(14(17)18)7-8-19-13/h3-8H,2H2,1H3,(H,15,16)(H,17,18). The van der Waals surface area contributed by atoms with Crippen LogP contribution in [0.3, 0.4) is 0 Å². The van der Waals surface area contributed by atoms with Crippen LogP contribution in [0.1, 0.15) is 33.2 Å². The quantitative estimate of drug-likeness (QED) is 0.900. The minimum absolute atomic E-state index is 0.118. The summed E-state index contributed by atoms with van der Waals surface area (Å²) in [7, 11) is 0. The van der Waals surface area contributed by atoms with E-state index >= 15 is 0 Å². The molecular weight excluding hydrogens is 262 g/mol. The lowest BCUT2D eigenvalue weighted by Crippen LogP contribution is -2.15. The van der Waals surface area contributed by atoms with Crippen LogP contribution >= 0.6 is 11.3 Å². The molecule has 1 aromatic carbocycles. The molecule has 4 nitrogen and oxygen atoms in total. The number of aromatic carboxylic acids is 1. The average Bonchev–Trinajstić information content (AvgIpc) is 2.87. The number of thiophene rings is 1. The summed E-state index contributed by atoms with van der Waals surface area (Å²) in [6.07, 6.45) is 0.750. The summed E-state index contributed by atoms with van der Waals surface area (Å²) in [5, 5.41) is 13.7. The molecule has 0 aliphatic rings. The number of hydrogen-bond acceptors (Lipinski definition) is 3. The maximum Gasteiger partial charge on any atom is 0.338 e. The molecule has 0 spiro atoms. The number of carbonyl (C=O) groups excluding carboxylic acids is 1. The molecule has 0 bridgehead atoms. The smallest absolute Gasteiger partial charge is 0.338 e. The van der Waals surface area contributed by atoms with E-state index in [1.807, 2.05) is 19.1 Å². The number of aryl methyl sites for hydroxylation is 1. The van der Waals surface area contributed by atoms with Crippen molar-refractivity contribution in [3.63, 3.8) is 0 Å². The van der Waals surface area contributed by atoms with E-state index in [0.29, 0.717) is 10.6 Å². The van der Waals surface area contributed by atoms with E-state index in [2.05, 4.69) is 5.32 Å². The minimum atomic E-state index is -1.04. The number of amides is 1. The molecule has 0 fully saturated rings.